The molecule has 1 aromatic carbocycles. The monoisotopic (exact) mass is 376 g/mol. The van der Waals surface area contributed by atoms with Crippen molar-refractivity contribution in [1.82, 2.24) is 14.5 Å². The van der Waals surface area contributed by atoms with Crippen LogP contribution in [-0.2, 0) is 17.6 Å². The highest BCUT2D eigenvalue weighted by molar-refractivity contribution is 5.95. The fourth-order valence-corrected chi connectivity index (χ4v) is 3.83. The largest absolute Gasteiger partial charge is 0.324 e. The van der Waals surface area contributed by atoms with Gasteiger partial charge in [-0.15, -0.1) is 0 Å². The Morgan fingerprint density at radius 3 is 2.64 bits per heavy atom. The number of para-hydroxylation sites is 1. The smallest absolute Gasteiger partial charge is 0.263 e. The molecule has 0 spiro atoms. The van der Waals surface area contributed by atoms with E-state index in [2.05, 4.69) is 15.3 Å². The molecule has 0 bridgehead atoms. The average molecular weight is 376 g/mol. The summed E-state index contributed by atoms with van der Waals surface area (Å²) in [6, 6.07) is 7.09. The normalized spacial score (nSPS) is 14.5. The number of amides is 1. The van der Waals surface area contributed by atoms with Gasteiger partial charge < -0.3 is 5.32 Å². The molecule has 0 saturated carbocycles. The zero-order valence-electron chi connectivity index (χ0n) is 16.5. The van der Waals surface area contributed by atoms with Crippen LogP contribution in [0.15, 0.2) is 35.4 Å². The van der Waals surface area contributed by atoms with Crippen LogP contribution >= 0.6 is 0 Å². The van der Waals surface area contributed by atoms with E-state index in [0.29, 0.717) is 11.0 Å². The lowest BCUT2D eigenvalue weighted by Gasteiger charge is -2.18. The molecule has 0 unspecified atom stereocenters. The Morgan fingerprint density at radius 2 is 1.89 bits per heavy atom. The van der Waals surface area contributed by atoms with Gasteiger partial charge in [0.2, 0.25) is 5.91 Å². The topological polar surface area (TPSA) is 76.9 Å². The Kier molecular flexibility index (Phi) is 4.71. The third-order valence-corrected chi connectivity index (χ3v) is 5.58. The molecule has 28 heavy (non-hydrogen) atoms. The van der Waals surface area contributed by atoms with Crippen LogP contribution in [0.25, 0.3) is 11.0 Å². The maximum Gasteiger partial charge on any atom is 0.263 e. The fraction of sp³-hybridized carbons (Fsp3) is 0.364. The van der Waals surface area contributed by atoms with Crippen LogP contribution in [0.5, 0.6) is 0 Å². The highest BCUT2D eigenvalue weighted by Crippen LogP contribution is 2.23. The van der Waals surface area contributed by atoms with Crippen molar-refractivity contribution in [1.29, 1.82) is 0 Å². The lowest BCUT2D eigenvalue weighted by atomic mass is 9.95. The SMILES string of the molecule is Cc1cccc(C)c1NC(=O)[C@@H](C)n1cnc2nc3c(cc2c1=O)CCCC3. The van der Waals surface area contributed by atoms with Crippen molar-refractivity contribution in [2.45, 2.75) is 52.5 Å². The first-order chi connectivity index (χ1) is 13.5. The Hall–Kier alpha value is -3.02. The molecule has 1 N–H and O–H groups in total. The molecule has 0 saturated heterocycles. The summed E-state index contributed by atoms with van der Waals surface area (Å²) in [5, 5.41) is 3.44. The van der Waals surface area contributed by atoms with Gasteiger partial charge in [0.05, 0.1) is 5.39 Å². The fourth-order valence-electron chi connectivity index (χ4n) is 3.83. The van der Waals surface area contributed by atoms with E-state index in [-0.39, 0.29) is 11.5 Å². The van der Waals surface area contributed by atoms with Crippen LogP contribution in [0, 0.1) is 13.8 Å². The van der Waals surface area contributed by atoms with E-state index in [1.165, 1.54) is 10.9 Å². The van der Waals surface area contributed by atoms with Gasteiger partial charge in [-0.3, -0.25) is 14.2 Å². The van der Waals surface area contributed by atoms with Crippen molar-refractivity contribution < 1.29 is 4.79 Å². The molecule has 1 atom stereocenters. The van der Waals surface area contributed by atoms with E-state index in [0.717, 1.165) is 53.8 Å². The average Bonchev–Trinajstić information content (AvgIpc) is 2.69. The van der Waals surface area contributed by atoms with Crippen LogP contribution < -0.4 is 10.9 Å². The zero-order chi connectivity index (χ0) is 19.8. The van der Waals surface area contributed by atoms with Crippen molar-refractivity contribution in [3.05, 3.63) is 63.3 Å². The summed E-state index contributed by atoms with van der Waals surface area (Å²) in [7, 11) is 0. The highest BCUT2D eigenvalue weighted by atomic mass is 16.2. The molecule has 1 amide bonds. The summed E-state index contributed by atoms with van der Waals surface area (Å²) in [6.07, 6.45) is 5.54. The van der Waals surface area contributed by atoms with E-state index in [4.69, 9.17) is 0 Å². The number of aromatic nitrogens is 3. The van der Waals surface area contributed by atoms with Gasteiger partial charge in [0.15, 0.2) is 5.65 Å². The predicted molar refractivity (Wildman–Crippen MR) is 110 cm³/mol. The molecule has 144 valence electrons. The highest BCUT2D eigenvalue weighted by Gasteiger charge is 2.21. The van der Waals surface area contributed by atoms with Gasteiger partial charge >= 0.3 is 0 Å². The van der Waals surface area contributed by atoms with E-state index in [9.17, 15) is 9.59 Å². The first-order valence-corrected chi connectivity index (χ1v) is 9.72. The summed E-state index contributed by atoms with van der Waals surface area (Å²) in [5.74, 6) is -0.244. The molecule has 1 aliphatic rings. The Balaban J connectivity index is 1.69. The summed E-state index contributed by atoms with van der Waals surface area (Å²) in [6.45, 7) is 5.61. The Labute approximate surface area is 163 Å². The van der Waals surface area contributed by atoms with Gasteiger partial charge in [-0.25, -0.2) is 9.97 Å². The molecule has 2 aromatic heterocycles. The van der Waals surface area contributed by atoms with Crippen LogP contribution in [-0.4, -0.2) is 20.4 Å². The second-order valence-corrected chi connectivity index (χ2v) is 7.56. The minimum atomic E-state index is -0.681. The number of rotatable bonds is 3. The second-order valence-electron chi connectivity index (χ2n) is 7.56. The first kappa shape index (κ1) is 18.3. The summed E-state index contributed by atoms with van der Waals surface area (Å²) in [5.41, 5.74) is 5.17. The number of carbonyl (C=O) groups is 1. The molecule has 3 aromatic rings. The number of benzene rings is 1. The molecule has 2 heterocycles. The number of anilines is 1. The molecule has 0 radical (unpaired) electrons. The Morgan fingerprint density at radius 1 is 1.18 bits per heavy atom. The van der Waals surface area contributed by atoms with Gasteiger partial charge in [0.25, 0.3) is 5.56 Å². The Bertz CT molecular complexity index is 1110. The summed E-state index contributed by atoms with van der Waals surface area (Å²) < 4.78 is 1.39. The molecule has 1 aliphatic carbocycles. The van der Waals surface area contributed by atoms with Crippen molar-refractivity contribution >= 4 is 22.6 Å². The molecular formula is C22H24N4O2. The molecule has 0 aliphatic heterocycles. The number of nitrogens with one attached hydrogen (secondary N) is 1. The second kappa shape index (κ2) is 7.19. The molecule has 4 rings (SSSR count). The number of carbonyl (C=O) groups excluding carboxylic acids is 1. The third kappa shape index (κ3) is 3.19. The van der Waals surface area contributed by atoms with Gasteiger partial charge in [-0.05, 0) is 69.2 Å². The number of pyridine rings is 1. The predicted octanol–water partition coefficient (Wildman–Crippen LogP) is 3.49. The van der Waals surface area contributed by atoms with Crippen molar-refractivity contribution in [3.8, 4) is 0 Å². The lowest BCUT2D eigenvalue weighted by Crippen LogP contribution is -2.32. The maximum absolute atomic E-state index is 13.0. The van der Waals surface area contributed by atoms with Gasteiger partial charge in [-0.2, -0.15) is 0 Å². The van der Waals surface area contributed by atoms with Crippen LogP contribution in [0.3, 0.4) is 0 Å². The van der Waals surface area contributed by atoms with E-state index in [1.807, 2.05) is 38.1 Å². The summed E-state index contributed by atoms with van der Waals surface area (Å²) in [4.78, 5) is 34.8. The van der Waals surface area contributed by atoms with E-state index < -0.39 is 6.04 Å². The van der Waals surface area contributed by atoms with Crippen molar-refractivity contribution in [3.63, 3.8) is 0 Å². The molecule has 0 fully saturated rings. The first-order valence-electron chi connectivity index (χ1n) is 9.72. The van der Waals surface area contributed by atoms with Gasteiger partial charge in [-0.1, -0.05) is 18.2 Å². The minimum absolute atomic E-state index is 0.227. The van der Waals surface area contributed by atoms with Gasteiger partial charge in [0.1, 0.15) is 12.4 Å². The van der Waals surface area contributed by atoms with Crippen LogP contribution in [0.4, 0.5) is 5.69 Å². The lowest BCUT2D eigenvalue weighted by molar-refractivity contribution is -0.118. The van der Waals surface area contributed by atoms with E-state index >= 15 is 0 Å². The third-order valence-electron chi connectivity index (χ3n) is 5.58. The summed E-state index contributed by atoms with van der Waals surface area (Å²) >= 11 is 0. The number of hydrogen-bond acceptors (Lipinski definition) is 4. The molecule has 6 heteroatoms. The van der Waals surface area contributed by atoms with E-state index in [1.54, 1.807) is 6.92 Å². The quantitative estimate of drug-likeness (QED) is 0.759. The minimum Gasteiger partial charge on any atom is -0.324 e. The van der Waals surface area contributed by atoms with Crippen molar-refractivity contribution in [2.75, 3.05) is 5.32 Å². The molecular weight excluding hydrogens is 352 g/mol. The maximum atomic E-state index is 13.0. The van der Waals surface area contributed by atoms with Gasteiger partial charge in [0, 0.05) is 11.4 Å². The van der Waals surface area contributed by atoms with Crippen molar-refractivity contribution in [2.24, 2.45) is 0 Å². The number of nitrogens with zero attached hydrogens (tertiary/aromatic N) is 3. The number of fused-ring (bicyclic) bond motifs is 2. The van der Waals surface area contributed by atoms with Crippen LogP contribution in [0.2, 0.25) is 0 Å². The zero-order valence-corrected chi connectivity index (χ0v) is 16.5. The standard InChI is InChI=1S/C22H24N4O2/c1-13-7-6-8-14(2)19(13)25-21(27)15(3)26-12-23-20-17(22(26)28)11-16-9-4-5-10-18(16)24-20/h6-8,11-12,15H,4-5,9-10H2,1-3H3,(H,25,27)/t15-/m1/s1. The molecule has 6 nitrogen and oxygen atoms in total. The van der Waals surface area contributed by atoms with Crippen LogP contribution in [0.1, 0.15) is 48.2 Å². The number of aryl methyl sites for hydroxylation is 4. The number of hydrogen-bond donors (Lipinski definition) is 1.